The second-order valence-electron chi connectivity index (χ2n) is 7.07. The number of aliphatic hydroxyl groups is 1. The number of hydrogen-bond acceptors (Lipinski definition) is 3. The Kier molecular flexibility index (Phi) is 5.93. The molecule has 29 heavy (non-hydrogen) atoms. The van der Waals surface area contributed by atoms with E-state index in [1.54, 1.807) is 0 Å². The number of carbonyl (C=O) groups excluding carboxylic acids is 2. The summed E-state index contributed by atoms with van der Waals surface area (Å²) in [5, 5.41) is 14.6. The van der Waals surface area contributed by atoms with Gasteiger partial charge in [0.15, 0.2) is 0 Å². The standard InChI is InChI=1S/C21H21F3N2O3/c22-21(23,24)16-8-6-14(7-9-16)12-25-18(28)17(13-27)26-19(29)20(10-11-20)15-4-2-1-3-5-15/h1-9,17,27H,10-13H2,(H,25,28)(H,26,29). The zero-order chi connectivity index (χ0) is 21.1. The molecule has 1 saturated carbocycles. The summed E-state index contributed by atoms with van der Waals surface area (Å²) in [7, 11) is 0. The highest BCUT2D eigenvalue weighted by Crippen LogP contribution is 2.48. The summed E-state index contributed by atoms with van der Waals surface area (Å²) in [6, 6.07) is 12.5. The van der Waals surface area contributed by atoms with Gasteiger partial charge in [-0.05, 0) is 36.1 Å². The smallest absolute Gasteiger partial charge is 0.394 e. The van der Waals surface area contributed by atoms with Gasteiger partial charge in [0.1, 0.15) is 6.04 Å². The molecule has 8 heteroatoms. The third kappa shape index (κ3) is 4.76. The van der Waals surface area contributed by atoms with Gasteiger partial charge in [-0.25, -0.2) is 0 Å². The molecule has 0 radical (unpaired) electrons. The Morgan fingerprint density at radius 1 is 1.03 bits per heavy atom. The molecule has 1 unspecified atom stereocenters. The van der Waals surface area contributed by atoms with E-state index < -0.39 is 35.7 Å². The molecule has 2 aromatic rings. The molecule has 0 bridgehead atoms. The quantitative estimate of drug-likeness (QED) is 0.661. The summed E-state index contributed by atoms with van der Waals surface area (Å²) in [6.07, 6.45) is -3.10. The minimum Gasteiger partial charge on any atom is -0.394 e. The summed E-state index contributed by atoms with van der Waals surface area (Å²) in [5.41, 5.74) is -0.122. The van der Waals surface area contributed by atoms with Crippen molar-refractivity contribution in [1.82, 2.24) is 10.6 Å². The summed E-state index contributed by atoms with van der Waals surface area (Å²) < 4.78 is 37.8. The van der Waals surface area contributed by atoms with Gasteiger partial charge in [-0.1, -0.05) is 42.5 Å². The zero-order valence-corrected chi connectivity index (χ0v) is 15.5. The lowest BCUT2D eigenvalue weighted by Crippen LogP contribution is -2.51. The Morgan fingerprint density at radius 2 is 1.66 bits per heavy atom. The molecule has 2 amide bonds. The SMILES string of the molecule is O=C(NCc1ccc(C(F)(F)F)cc1)C(CO)NC(=O)C1(c2ccccc2)CC1. The molecule has 1 aliphatic rings. The fourth-order valence-corrected chi connectivity index (χ4v) is 3.14. The number of hydrogen-bond donors (Lipinski definition) is 3. The predicted molar refractivity (Wildman–Crippen MR) is 99.7 cm³/mol. The van der Waals surface area contributed by atoms with Crippen LogP contribution in [0.2, 0.25) is 0 Å². The largest absolute Gasteiger partial charge is 0.416 e. The molecule has 0 saturated heterocycles. The van der Waals surface area contributed by atoms with Gasteiger partial charge < -0.3 is 15.7 Å². The highest BCUT2D eigenvalue weighted by molar-refractivity contribution is 5.95. The first-order valence-corrected chi connectivity index (χ1v) is 9.17. The topological polar surface area (TPSA) is 78.4 Å². The minimum absolute atomic E-state index is 0.0207. The van der Waals surface area contributed by atoms with E-state index in [4.69, 9.17) is 0 Å². The molecular weight excluding hydrogens is 385 g/mol. The van der Waals surface area contributed by atoms with E-state index >= 15 is 0 Å². The molecule has 1 atom stereocenters. The Bertz CT molecular complexity index is 863. The van der Waals surface area contributed by atoms with Crippen LogP contribution in [0.15, 0.2) is 54.6 Å². The third-order valence-corrected chi connectivity index (χ3v) is 5.06. The van der Waals surface area contributed by atoms with Gasteiger partial charge in [-0.15, -0.1) is 0 Å². The number of nitrogens with one attached hydrogen (secondary N) is 2. The molecule has 1 fully saturated rings. The van der Waals surface area contributed by atoms with Gasteiger partial charge in [0.25, 0.3) is 0 Å². The second-order valence-corrected chi connectivity index (χ2v) is 7.07. The van der Waals surface area contributed by atoms with Crippen LogP contribution in [0.4, 0.5) is 13.2 Å². The van der Waals surface area contributed by atoms with E-state index in [1.165, 1.54) is 12.1 Å². The zero-order valence-electron chi connectivity index (χ0n) is 15.5. The first-order chi connectivity index (χ1) is 13.8. The first-order valence-electron chi connectivity index (χ1n) is 9.17. The first kappa shape index (κ1) is 20.9. The molecule has 5 nitrogen and oxygen atoms in total. The minimum atomic E-state index is -4.43. The van der Waals surface area contributed by atoms with Crippen molar-refractivity contribution in [3.05, 3.63) is 71.3 Å². The summed E-state index contributed by atoms with van der Waals surface area (Å²) in [4.78, 5) is 25.0. The molecule has 2 aromatic carbocycles. The van der Waals surface area contributed by atoms with Crippen LogP contribution in [0, 0.1) is 0 Å². The highest BCUT2D eigenvalue weighted by Gasteiger charge is 2.51. The fourth-order valence-electron chi connectivity index (χ4n) is 3.14. The van der Waals surface area contributed by atoms with Crippen molar-refractivity contribution in [2.75, 3.05) is 6.61 Å². The normalized spacial score (nSPS) is 16.0. The number of alkyl halides is 3. The number of amides is 2. The fraction of sp³-hybridized carbons (Fsp3) is 0.333. The second kappa shape index (κ2) is 8.24. The van der Waals surface area contributed by atoms with Gasteiger partial charge in [-0.3, -0.25) is 9.59 Å². The Morgan fingerprint density at radius 3 is 2.17 bits per heavy atom. The molecule has 3 rings (SSSR count). The van der Waals surface area contributed by atoms with Gasteiger partial charge in [-0.2, -0.15) is 13.2 Å². The molecule has 0 spiro atoms. The molecule has 3 N–H and O–H groups in total. The molecule has 154 valence electrons. The van der Waals surface area contributed by atoms with Crippen molar-refractivity contribution in [3.63, 3.8) is 0 Å². The van der Waals surface area contributed by atoms with Crippen LogP contribution in [0.5, 0.6) is 0 Å². The Balaban J connectivity index is 1.57. The lowest BCUT2D eigenvalue weighted by Gasteiger charge is -2.21. The number of benzene rings is 2. The van der Waals surface area contributed by atoms with E-state index in [-0.39, 0.29) is 12.5 Å². The van der Waals surface area contributed by atoms with Crippen molar-refractivity contribution in [1.29, 1.82) is 0 Å². The number of rotatable bonds is 7. The van der Waals surface area contributed by atoms with Crippen molar-refractivity contribution in [3.8, 4) is 0 Å². The molecule has 0 heterocycles. The van der Waals surface area contributed by atoms with Crippen LogP contribution >= 0.6 is 0 Å². The third-order valence-electron chi connectivity index (χ3n) is 5.06. The van der Waals surface area contributed by atoms with Crippen LogP contribution in [0.1, 0.15) is 29.5 Å². The van der Waals surface area contributed by atoms with E-state index in [1.807, 2.05) is 30.3 Å². The molecular formula is C21H21F3N2O3. The summed E-state index contributed by atoms with van der Waals surface area (Å²) in [6.45, 7) is -0.609. The van der Waals surface area contributed by atoms with Gasteiger partial charge in [0, 0.05) is 6.54 Å². The van der Waals surface area contributed by atoms with Gasteiger partial charge >= 0.3 is 6.18 Å². The van der Waals surface area contributed by atoms with E-state index in [0.717, 1.165) is 17.7 Å². The lowest BCUT2D eigenvalue weighted by molar-refractivity contribution is -0.137. The van der Waals surface area contributed by atoms with Gasteiger partial charge in [0.05, 0.1) is 17.6 Å². The van der Waals surface area contributed by atoms with Crippen LogP contribution in [0.25, 0.3) is 0 Å². The van der Waals surface area contributed by atoms with Crippen LogP contribution in [-0.4, -0.2) is 29.6 Å². The number of carbonyl (C=O) groups is 2. The average Bonchev–Trinajstić information content (AvgIpc) is 3.52. The maximum absolute atomic E-state index is 12.7. The van der Waals surface area contributed by atoms with Crippen LogP contribution < -0.4 is 10.6 Å². The summed E-state index contributed by atoms with van der Waals surface area (Å²) >= 11 is 0. The maximum atomic E-state index is 12.7. The highest BCUT2D eigenvalue weighted by atomic mass is 19.4. The van der Waals surface area contributed by atoms with Crippen molar-refractivity contribution in [2.24, 2.45) is 0 Å². The number of halogens is 3. The lowest BCUT2D eigenvalue weighted by atomic mass is 9.94. The molecule has 0 aromatic heterocycles. The number of aliphatic hydroxyl groups excluding tert-OH is 1. The van der Waals surface area contributed by atoms with E-state index in [9.17, 15) is 27.9 Å². The van der Waals surface area contributed by atoms with E-state index in [0.29, 0.717) is 18.4 Å². The van der Waals surface area contributed by atoms with Crippen molar-refractivity contribution >= 4 is 11.8 Å². The Hall–Kier alpha value is -2.87. The average molecular weight is 406 g/mol. The van der Waals surface area contributed by atoms with Crippen LogP contribution in [-0.2, 0) is 27.7 Å². The maximum Gasteiger partial charge on any atom is 0.416 e. The molecule has 1 aliphatic carbocycles. The monoisotopic (exact) mass is 406 g/mol. The Labute approximate surface area is 165 Å². The van der Waals surface area contributed by atoms with Gasteiger partial charge in [0.2, 0.25) is 11.8 Å². The predicted octanol–water partition coefficient (Wildman–Crippen LogP) is 2.53. The van der Waals surface area contributed by atoms with Crippen LogP contribution in [0.3, 0.4) is 0 Å². The van der Waals surface area contributed by atoms with E-state index in [2.05, 4.69) is 10.6 Å². The summed E-state index contributed by atoms with van der Waals surface area (Å²) in [5.74, 6) is -0.933. The molecule has 0 aliphatic heterocycles. The van der Waals surface area contributed by atoms with Crippen molar-refractivity contribution in [2.45, 2.75) is 37.0 Å². The van der Waals surface area contributed by atoms with Crippen molar-refractivity contribution < 1.29 is 27.9 Å².